The highest BCUT2D eigenvalue weighted by Gasteiger charge is 2.47. The van der Waals surface area contributed by atoms with E-state index in [1.165, 1.54) is 6.92 Å². The number of rotatable bonds is 10. The molecule has 1 aliphatic heterocycles. The predicted molar refractivity (Wildman–Crippen MR) is 145 cm³/mol. The highest BCUT2D eigenvalue weighted by atomic mass is 35.5. The van der Waals surface area contributed by atoms with Gasteiger partial charge in [-0.1, -0.05) is 89.0 Å². The lowest BCUT2D eigenvalue weighted by Gasteiger charge is -2.42. The summed E-state index contributed by atoms with van der Waals surface area (Å²) in [7, 11) is 0. The van der Waals surface area contributed by atoms with Crippen LogP contribution in [0.1, 0.15) is 43.7 Å². The number of ether oxygens (including phenoxy) is 3. The van der Waals surface area contributed by atoms with E-state index in [1.807, 2.05) is 60.7 Å². The second kappa shape index (κ2) is 12.7. The molecule has 0 aromatic heterocycles. The lowest BCUT2D eigenvalue weighted by molar-refractivity contribution is -0.184. The molecule has 2 aromatic rings. The Hall–Kier alpha value is -2.97. The van der Waals surface area contributed by atoms with Crippen LogP contribution in [0.5, 0.6) is 0 Å². The molecule has 2 aromatic carbocycles. The van der Waals surface area contributed by atoms with Gasteiger partial charge < -0.3 is 14.2 Å². The molecule has 1 saturated carbocycles. The standard InChI is InChI=1S/C27H31Cl2N5O4/c1-27(28,29)25(30)38-24-21(32-33-31)14-15-22(37-24)23(20-12-13-20)34(16-18-8-4-2-5-9-18)26(35)36-17-19-10-6-3-7-11-19/h2-11,20-24,30H,12-17H2,1H3. The van der Waals surface area contributed by atoms with Crippen molar-refractivity contribution in [2.45, 2.75) is 74.6 Å². The molecule has 202 valence electrons. The van der Waals surface area contributed by atoms with Crippen LogP contribution in [0, 0.1) is 11.3 Å². The fraction of sp³-hybridized carbons (Fsp3) is 0.481. The van der Waals surface area contributed by atoms with Crippen molar-refractivity contribution in [3.8, 4) is 0 Å². The maximum atomic E-state index is 13.6. The first-order valence-corrected chi connectivity index (χ1v) is 13.4. The topological polar surface area (TPSA) is 121 Å². The quantitative estimate of drug-likeness (QED) is 0.0842. The molecule has 0 radical (unpaired) electrons. The van der Waals surface area contributed by atoms with Crippen molar-refractivity contribution in [2.24, 2.45) is 11.0 Å². The molecule has 2 fully saturated rings. The van der Waals surface area contributed by atoms with E-state index in [0.717, 1.165) is 24.0 Å². The number of carbonyl (C=O) groups excluding carboxylic acids is 1. The summed E-state index contributed by atoms with van der Waals surface area (Å²) in [6.45, 7) is 1.91. The summed E-state index contributed by atoms with van der Waals surface area (Å²) in [5, 5.41) is 11.9. The molecule has 1 N–H and O–H groups in total. The molecule has 0 spiro atoms. The van der Waals surface area contributed by atoms with Crippen LogP contribution in [0.4, 0.5) is 4.79 Å². The van der Waals surface area contributed by atoms with Gasteiger partial charge in [0, 0.05) is 11.5 Å². The van der Waals surface area contributed by atoms with Crippen molar-refractivity contribution < 1.29 is 19.0 Å². The Bertz CT molecular complexity index is 1140. The van der Waals surface area contributed by atoms with Gasteiger partial charge in [-0.05, 0) is 55.2 Å². The number of nitrogens with one attached hydrogen (secondary N) is 1. The first kappa shape index (κ1) is 28.0. The molecular formula is C27H31Cl2N5O4. The van der Waals surface area contributed by atoms with Gasteiger partial charge in [-0.25, -0.2) is 4.79 Å². The molecule has 4 atom stereocenters. The highest BCUT2D eigenvalue weighted by Crippen LogP contribution is 2.42. The Morgan fingerprint density at radius 3 is 2.34 bits per heavy atom. The van der Waals surface area contributed by atoms with Crippen molar-refractivity contribution in [3.05, 3.63) is 82.2 Å². The number of azide groups is 1. The molecular weight excluding hydrogens is 529 g/mol. The van der Waals surface area contributed by atoms with Crippen molar-refractivity contribution in [1.29, 1.82) is 5.41 Å². The lowest BCUT2D eigenvalue weighted by Crippen LogP contribution is -2.54. The third-order valence-electron chi connectivity index (χ3n) is 6.68. The zero-order valence-electron chi connectivity index (χ0n) is 21.1. The van der Waals surface area contributed by atoms with Crippen molar-refractivity contribution in [3.63, 3.8) is 0 Å². The minimum atomic E-state index is -1.58. The van der Waals surface area contributed by atoms with Crippen LogP contribution in [-0.2, 0) is 27.4 Å². The summed E-state index contributed by atoms with van der Waals surface area (Å²) in [6.07, 6.45) is 0.956. The Labute approximate surface area is 232 Å². The Kier molecular flexibility index (Phi) is 9.39. The van der Waals surface area contributed by atoms with Crippen LogP contribution < -0.4 is 0 Å². The number of alkyl halides is 2. The van der Waals surface area contributed by atoms with E-state index in [-0.39, 0.29) is 18.6 Å². The summed E-state index contributed by atoms with van der Waals surface area (Å²) in [6, 6.07) is 18.3. The number of halogens is 2. The minimum Gasteiger partial charge on any atom is -0.449 e. The Morgan fingerprint density at radius 1 is 1.13 bits per heavy atom. The van der Waals surface area contributed by atoms with Crippen LogP contribution in [-0.4, -0.2) is 45.7 Å². The first-order valence-electron chi connectivity index (χ1n) is 12.6. The van der Waals surface area contributed by atoms with E-state index in [9.17, 15) is 4.79 Å². The largest absolute Gasteiger partial charge is 0.449 e. The molecule has 1 aliphatic carbocycles. The van der Waals surface area contributed by atoms with Gasteiger partial charge >= 0.3 is 6.09 Å². The molecule has 1 saturated heterocycles. The predicted octanol–water partition coefficient (Wildman–Crippen LogP) is 6.98. The molecule has 0 bridgehead atoms. The lowest BCUT2D eigenvalue weighted by atomic mass is 9.94. The minimum absolute atomic E-state index is 0.153. The van der Waals surface area contributed by atoms with Crippen molar-refractivity contribution in [2.75, 3.05) is 0 Å². The van der Waals surface area contributed by atoms with Crippen LogP contribution in [0.3, 0.4) is 0 Å². The van der Waals surface area contributed by atoms with E-state index in [0.29, 0.717) is 19.4 Å². The van der Waals surface area contributed by atoms with Gasteiger partial charge in [0.2, 0.25) is 12.2 Å². The zero-order valence-corrected chi connectivity index (χ0v) is 22.6. The maximum absolute atomic E-state index is 13.6. The van der Waals surface area contributed by atoms with Gasteiger partial charge in [-0.15, -0.1) is 0 Å². The SMILES string of the molecule is CC(Cl)(Cl)C(=N)OC1OC(C(C2CC2)N(Cc2ccccc2)C(=O)OCc2ccccc2)CCC1N=[N+]=[N-]. The van der Waals surface area contributed by atoms with Gasteiger partial charge in [0.1, 0.15) is 6.61 Å². The number of hydrogen-bond acceptors (Lipinski definition) is 6. The van der Waals surface area contributed by atoms with Gasteiger partial charge in [0.05, 0.1) is 18.2 Å². The van der Waals surface area contributed by atoms with Gasteiger partial charge in [0.15, 0.2) is 4.33 Å². The number of hydrogen-bond donors (Lipinski definition) is 1. The van der Waals surface area contributed by atoms with E-state index in [4.69, 9.17) is 48.4 Å². The zero-order chi connectivity index (χ0) is 27.1. The molecule has 1 heterocycles. The fourth-order valence-corrected chi connectivity index (χ4v) is 4.72. The summed E-state index contributed by atoms with van der Waals surface area (Å²) in [5.74, 6) is -0.188. The van der Waals surface area contributed by atoms with E-state index in [2.05, 4.69) is 10.0 Å². The molecule has 2 aliphatic rings. The normalized spacial score (nSPS) is 22.0. The molecule has 4 rings (SSSR count). The van der Waals surface area contributed by atoms with Gasteiger partial charge in [0.25, 0.3) is 0 Å². The second-order valence-corrected chi connectivity index (χ2v) is 11.4. The molecule has 9 nitrogen and oxygen atoms in total. The van der Waals surface area contributed by atoms with Gasteiger partial charge in [-0.3, -0.25) is 10.3 Å². The Balaban J connectivity index is 1.57. The van der Waals surface area contributed by atoms with Crippen molar-refractivity contribution in [1.82, 2.24) is 4.90 Å². The molecule has 11 heteroatoms. The molecule has 38 heavy (non-hydrogen) atoms. The average Bonchev–Trinajstić information content (AvgIpc) is 3.74. The molecule has 4 unspecified atom stereocenters. The van der Waals surface area contributed by atoms with E-state index < -0.39 is 34.8 Å². The summed E-state index contributed by atoms with van der Waals surface area (Å²) >= 11 is 12.1. The smallest absolute Gasteiger partial charge is 0.410 e. The van der Waals surface area contributed by atoms with Gasteiger partial charge in [-0.2, -0.15) is 0 Å². The highest BCUT2D eigenvalue weighted by molar-refractivity contribution is 6.57. The fourth-order valence-electron chi connectivity index (χ4n) is 4.63. The third-order valence-corrected chi connectivity index (χ3v) is 7.03. The number of carbonyl (C=O) groups is 1. The Morgan fingerprint density at radius 2 is 1.76 bits per heavy atom. The monoisotopic (exact) mass is 559 g/mol. The van der Waals surface area contributed by atoms with Crippen LogP contribution in [0.2, 0.25) is 0 Å². The van der Waals surface area contributed by atoms with E-state index in [1.54, 1.807) is 4.90 Å². The molecule has 1 amide bonds. The van der Waals surface area contributed by atoms with E-state index >= 15 is 0 Å². The summed E-state index contributed by atoms with van der Waals surface area (Å²) in [4.78, 5) is 18.2. The number of amides is 1. The van der Waals surface area contributed by atoms with Crippen LogP contribution >= 0.6 is 23.2 Å². The second-order valence-electron chi connectivity index (χ2n) is 9.71. The number of benzene rings is 2. The third kappa shape index (κ3) is 7.54. The summed E-state index contributed by atoms with van der Waals surface area (Å²) in [5.41, 5.74) is 10.9. The van der Waals surface area contributed by atoms with Crippen molar-refractivity contribution >= 4 is 35.2 Å². The van der Waals surface area contributed by atoms with Crippen LogP contribution in [0.15, 0.2) is 65.8 Å². The summed E-state index contributed by atoms with van der Waals surface area (Å²) < 4.78 is 16.2. The first-order chi connectivity index (χ1) is 18.3. The number of nitrogens with zero attached hydrogens (tertiary/aromatic N) is 4. The maximum Gasteiger partial charge on any atom is 0.410 e. The van der Waals surface area contributed by atoms with Crippen LogP contribution in [0.25, 0.3) is 10.4 Å². The average molecular weight is 560 g/mol.